The van der Waals surface area contributed by atoms with Crippen LogP contribution in [0.4, 0.5) is 0 Å². The zero-order valence-electron chi connectivity index (χ0n) is 8.30. The van der Waals surface area contributed by atoms with Crippen LogP contribution in [-0.2, 0) is 9.53 Å². The normalized spacial score (nSPS) is 12.2. The molecule has 0 heterocycles. The molecule has 0 fully saturated rings. The Morgan fingerprint density at radius 1 is 1.69 bits per heavy atom. The van der Waals surface area contributed by atoms with Crippen molar-refractivity contribution in [1.82, 2.24) is 5.32 Å². The Kier molecular flexibility index (Phi) is 6.18. The molecule has 0 saturated heterocycles. The highest BCUT2D eigenvalue weighted by molar-refractivity contribution is 5.87. The van der Waals surface area contributed by atoms with Gasteiger partial charge in [-0.25, -0.2) is 4.79 Å². The summed E-state index contributed by atoms with van der Waals surface area (Å²) < 4.78 is 5.06. The molecular weight excluding hydrogens is 168 g/mol. The van der Waals surface area contributed by atoms with E-state index in [0.29, 0.717) is 18.7 Å². The predicted octanol–water partition coefficient (Wildman–Crippen LogP) is 0.390. The smallest absolute Gasteiger partial charge is 0.334 e. The van der Waals surface area contributed by atoms with Crippen LogP contribution in [0.15, 0.2) is 12.2 Å². The summed E-state index contributed by atoms with van der Waals surface area (Å²) in [7, 11) is 0. The molecule has 4 nitrogen and oxygen atoms in total. The van der Waals surface area contributed by atoms with Crippen LogP contribution >= 0.6 is 0 Å². The van der Waals surface area contributed by atoms with Crippen molar-refractivity contribution in [3.63, 3.8) is 0 Å². The number of rotatable bonds is 6. The van der Waals surface area contributed by atoms with Gasteiger partial charge >= 0.3 is 5.97 Å². The lowest BCUT2D eigenvalue weighted by Gasteiger charge is -2.16. The van der Waals surface area contributed by atoms with Gasteiger partial charge < -0.3 is 10.5 Å². The van der Waals surface area contributed by atoms with Crippen LogP contribution in [0.5, 0.6) is 0 Å². The van der Waals surface area contributed by atoms with E-state index < -0.39 is 0 Å². The Balaban J connectivity index is 3.83. The van der Waals surface area contributed by atoms with Crippen LogP contribution < -0.4 is 11.1 Å². The summed E-state index contributed by atoms with van der Waals surface area (Å²) in [5, 5.41) is 3.00. The molecule has 4 heteroatoms. The Bertz CT molecular complexity index is 180. The number of hydrogen-bond donors (Lipinski definition) is 2. The number of hydrogen-bond acceptors (Lipinski definition) is 4. The second-order valence-corrected chi connectivity index (χ2v) is 2.83. The maximum Gasteiger partial charge on any atom is 0.334 e. The standard InChI is InChI=1S/C9H18N2O2/c1-4-8(11-6-5-10)13-9(12)7(2)3/h8,11H,2,4-6,10H2,1,3H3. The fraction of sp³-hybridized carbons (Fsp3) is 0.667. The zero-order valence-corrected chi connectivity index (χ0v) is 8.30. The highest BCUT2D eigenvalue weighted by atomic mass is 16.6. The van der Waals surface area contributed by atoms with Crippen molar-refractivity contribution in [2.45, 2.75) is 26.5 Å². The molecule has 0 saturated carbocycles. The monoisotopic (exact) mass is 186 g/mol. The van der Waals surface area contributed by atoms with Gasteiger partial charge in [-0.2, -0.15) is 0 Å². The van der Waals surface area contributed by atoms with Crippen molar-refractivity contribution in [2.24, 2.45) is 5.73 Å². The second-order valence-electron chi connectivity index (χ2n) is 2.83. The molecule has 0 aromatic rings. The third kappa shape index (κ3) is 5.38. The summed E-state index contributed by atoms with van der Waals surface area (Å²) in [5.41, 5.74) is 5.71. The quantitative estimate of drug-likeness (QED) is 0.358. The first kappa shape index (κ1) is 12.1. The van der Waals surface area contributed by atoms with Gasteiger partial charge in [0.1, 0.15) is 0 Å². The number of nitrogens with one attached hydrogen (secondary N) is 1. The summed E-state index contributed by atoms with van der Waals surface area (Å²) >= 11 is 0. The van der Waals surface area contributed by atoms with E-state index in [0.717, 1.165) is 6.42 Å². The summed E-state index contributed by atoms with van der Waals surface area (Å²) in [6.07, 6.45) is 0.465. The Morgan fingerprint density at radius 2 is 2.31 bits per heavy atom. The van der Waals surface area contributed by atoms with Gasteiger partial charge in [-0.1, -0.05) is 13.5 Å². The molecular formula is C9H18N2O2. The first-order chi connectivity index (χ1) is 6.11. The average molecular weight is 186 g/mol. The minimum Gasteiger partial charge on any atom is -0.443 e. The predicted molar refractivity (Wildman–Crippen MR) is 52.0 cm³/mol. The Morgan fingerprint density at radius 3 is 2.69 bits per heavy atom. The number of carbonyl (C=O) groups excluding carboxylic acids is 1. The molecule has 0 amide bonds. The first-order valence-corrected chi connectivity index (χ1v) is 4.41. The van der Waals surface area contributed by atoms with Crippen LogP contribution in [0.1, 0.15) is 20.3 Å². The molecule has 3 N–H and O–H groups in total. The van der Waals surface area contributed by atoms with Crippen molar-refractivity contribution >= 4 is 5.97 Å². The van der Waals surface area contributed by atoms with Gasteiger partial charge in [0.15, 0.2) is 6.23 Å². The van der Waals surface area contributed by atoms with Gasteiger partial charge in [0.05, 0.1) is 0 Å². The Hall–Kier alpha value is -0.870. The lowest BCUT2D eigenvalue weighted by atomic mass is 10.3. The Labute approximate surface area is 79.1 Å². The lowest BCUT2D eigenvalue weighted by Crippen LogP contribution is -2.36. The third-order valence-electron chi connectivity index (χ3n) is 1.48. The molecule has 0 spiro atoms. The molecule has 0 radical (unpaired) electrons. The van der Waals surface area contributed by atoms with Crippen LogP contribution in [0, 0.1) is 0 Å². The average Bonchev–Trinajstić information content (AvgIpc) is 2.11. The molecule has 0 aromatic carbocycles. The van der Waals surface area contributed by atoms with Gasteiger partial charge in [-0.3, -0.25) is 5.32 Å². The number of carbonyl (C=O) groups is 1. The van der Waals surface area contributed by atoms with Crippen LogP contribution in [0.3, 0.4) is 0 Å². The van der Waals surface area contributed by atoms with E-state index in [-0.39, 0.29) is 12.2 Å². The summed E-state index contributed by atoms with van der Waals surface area (Å²) in [5.74, 6) is -0.364. The van der Waals surface area contributed by atoms with Crippen molar-refractivity contribution in [2.75, 3.05) is 13.1 Å². The maximum atomic E-state index is 11.1. The summed E-state index contributed by atoms with van der Waals surface area (Å²) in [6.45, 7) is 8.22. The van der Waals surface area contributed by atoms with E-state index in [9.17, 15) is 4.79 Å². The topological polar surface area (TPSA) is 64.3 Å². The van der Waals surface area contributed by atoms with Crippen LogP contribution in [0.2, 0.25) is 0 Å². The number of ether oxygens (including phenoxy) is 1. The van der Waals surface area contributed by atoms with Crippen molar-refractivity contribution < 1.29 is 9.53 Å². The minimum atomic E-state index is -0.364. The first-order valence-electron chi connectivity index (χ1n) is 4.41. The third-order valence-corrected chi connectivity index (χ3v) is 1.48. The molecule has 0 aliphatic heterocycles. The highest BCUT2D eigenvalue weighted by Gasteiger charge is 2.11. The van der Waals surface area contributed by atoms with E-state index in [4.69, 9.17) is 10.5 Å². The number of nitrogens with two attached hydrogens (primary N) is 1. The molecule has 1 atom stereocenters. The van der Waals surface area contributed by atoms with Crippen molar-refractivity contribution in [3.8, 4) is 0 Å². The molecule has 0 rings (SSSR count). The molecule has 0 bridgehead atoms. The van der Waals surface area contributed by atoms with E-state index in [1.54, 1.807) is 6.92 Å². The second kappa shape index (κ2) is 6.62. The van der Waals surface area contributed by atoms with Gasteiger partial charge in [-0.05, 0) is 13.3 Å². The lowest BCUT2D eigenvalue weighted by molar-refractivity contribution is -0.145. The SMILES string of the molecule is C=C(C)C(=O)OC(CC)NCCN. The minimum absolute atomic E-state index is 0.257. The van der Waals surface area contributed by atoms with Gasteiger partial charge in [-0.15, -0.1) is 0 Å². The van der Waals surface area contributed by atoms with E-state index >= 15 is 0 Å². The molecule has 0 aromatic heterocycles. The highest BCUT2D eigenvalue weighted by Crippen LogP contribution is 1.99. The van der Waals surface area contributed by atoms with E-state index in [1.807, 2.05) is 6.92 Å². The maximum absolute atomic E-state index is 11.1. The summed E-state index contributed by atoms with van der Waals surface area (Å²) in [4.78, 5) is 11.1. The molecule has 76 valence electrons. The molecule has 0 aliphatic carbocycles. The van der Waals surface area contributed by atoms with Gasteiger partial charge in [0.25, 0.3) is 0 Å². The fourth-order valence-corrected chi connectivity index (χ4v) is 0.743. The largest absolute Gasteiger partial charge is 0.443 e. The zero-order chi connectivity index (χ0) is 10.3. The fourth-order valence-electron chi connectivity index (χ4n) is 0.743. The molecule has 1 unspecified atom stereocenters. The van der Waals surface area contributed by atoms with Crippen LogP contribution in [-0.4, -0.2) is 25.3 Å². The molecule has 0 aliphatic rings. The van der Waals surface area contributed by atoms with E-state index in [1.165, 1.54) is 0 Å². The van der Waals surface area contributed by atoms with Crippen LogP contribution in [0.25, 0.3) is 0 Å². The molecule has 13 heavy (non-hydrogen) atoms. The van der Waals surface area contributed by atoms with Crippen molar-refractivity contribution in [3.05, 3.63) is 12.2 Å². The van der Waals surface area contributed by atoms with Gasteiger partial charge in [0, 0.05) is 18.7 Å². The van der Waals surface area contributed by atoms with Crippen molar-refractivity contribution in [1.29, 1.82) is 0 Å². The van der Waals surface area contributed by atoms with E-state index in [2.05, 4.69) is 11.9 Å². The number of esters is 1. The summed E-state index contributed by atoms with van der Waals surface area (Å²) in [6, 6.07) is 0. The van der Waals surface area contributed by atoms with Gasteiger partial charge in [0.2, 0.25) is 0 Å².